The average molecular weight is 313 g/mol. The highest BCUT2D eigenvalue weighted by Crippen LogP contribution is 2.26. The Bertz CT molecular complexity index is 766. The molecule has 0 spiro atoms. The molecule has 0 aliphatic rings. The summed E-state index contributed by atoms with van der Waals surface area (Å²) < 4.78 is 7.19. The smallest absolute Gasteiger partial charge is 0.342 e. The van der Waals surface area contributed by atoms with Crippen LogP contribution in [0.15, 0.2) is 48.1 Å². The van der Waals surface area contributed by atoms with Gasteiger partial charge in [0.05, 0.1) is 11.9 Å². The van der Waals surface area contributed by atoms with E-state index in [4.69, 9.17) is 4.74 Å². The predicted molar refractivity (Wildman–Crippen MR) is 84.6 cm³/mol. The molecule has 0 saturated carbocycles. The van der Waals surface area contributed by atoms with Gasteiger partial charge in [0, 0.05) is 24.2 Å². The highest BCUT2D eigenvalue weighted by Gasteiger charge is 2.22. The lowest BCUT2D eigenvalue weighted by molar-refractivity contribution is 0.0338. The molecular weight excluding hydrogens is 298 g/mol. The normalized spacial score (nSPS) is 12.1. The molecule has 3 aromatic rings. The zero-order valence-corrected chi connectivity index (χ0v) is 13.1. The number of carbonyl (C=O) groups is 1. The maximum atomic E-state index is 12.5. The van der Waals surface area contributed by atoms with Crippen LogP contribution >= 0.6 is 11.3 Å². The lowest BCUT2D eigenvalue weighted by Crippen LogP contribution is -2.10. The number of aromatic nitrogens is 3. The highest BCUT2D eigenvalue weighted by atomic mass is 32.1. The van der Waals surface area contributed by atoms with Crippen LogP contribution in [-0.4, -0.2) is 20.7 Å². The van der Waals surface area contributed by atoms with Crippen molar-refractivity contribution in [2.24, 2.45) is 7.05 Å². The molecule has 0 N–H and O–H groups in total. The molecule has 0 bridgehead atoms. The molecule has 112 valence electrons. The summed E-state index contributed by atoms with van der Waals surface area (Å²) in [5, 5.41) is 6.82. The van der Waals surface area contributed by atoms with Gasteiger partial charge >= 0.3 is 5.97 Å². The SMILES string of the molecule is C[C@H](OC(=O)c1cnn(C)c1-c1ccccc1)c1nccs1. The summed E-state index contributed by atoms with van der Waals surface area (Å²) in [5.41, 5.74) is 2.13. The summed E-state index contributed by atoms with van der Waals surface area (Å²) in [6.07, 6.45) is 2.86. The Balaban J connectivity index is 1.88. The number of nitrogens with zero attached hydrogens (tertiary/aromatic N) is 3. The molecule has 0 fully saturated rings. The van der Waals surface area contributed by atoms with Crippen molar-refractivity contribution >= 4 is 17.3 Å². The van der Waals surface area contributed by atoms with Crippen LogP contribution in [0.3, 0.4) is 0 Å². The second-order valence-electron chi connectivity index (χ2n) is 4.81. The zero-order chi connectivity index (χ0) is 15.5. The Kier molecular flexibility index (Phi) is 4.02. The first-order valence-electron chi connectivity index (χ1n) is 6.84. The van der Waals surface area contributed by atoms with Crippen LogP contribution in [0.4, 0.5) is 0 Å². The number of rotatable bonds is 4. The number of ether oxygens (including phenoxy) is 1. The topological polar surface area (TPSA) is 57.0 Å². The fourth-order valence-corrected chi connectivity index (χ4v) is 2.86. The Morgan fingerprint density at radius 2 is 2.09 bits per heavy atom. The molecule has 0 aliphatic heterocycles. The van der Waals surface area contributed by atoms with Crippen LogP contribution in [0.1, 0.15) is 28.4 Å². The van der Waals surface area contributed by atoms with Gasteiger partial charge in [0.1, 0.15) is 10.6 Å². The van der Waals surface area contributed by atoms with Crippen molar-refractivity contribution in [2.75, 3.05) is 0 Å². The summed E-state index contributed by atoms with van der Waals surface area (Å²) in [6.45, 7) is 1.81. The van der Waals surface area contributed by atoms with E-state index < -0.39 is 5.97 Å². The summed E-state index contributed by atoms with van der Waals surface area (Å²) in [7, 11) is 1.81. The summed E-state index contributed by atoms with van der Waals surface area (Å²) in [5.74, 6) is -0.394. The number of thiazole rings is 1. The Hall–Kier alpha value is -2.47. The Morgan fingerprint density at radius 3 is 2.77 bits per heavy atom. The van der Waals surface area contributed by atoms with Gasteiger partial charge in [0.25, 0.3) is 0 Å². The molecule has 3 rings (SSSR count). The van der Waals surface area contributed by atoms with Gasteiger partial charge in [-0.2, -0.15) is 5.10 Å². The second kappa shape index (κ2) is 6.11. The minimum Gasteiger partial charge on any atom is -0.452 e. The number of benzene rings is 1. The first kappa shape index (κ1) is 14.5. The van der Waals surface area contributed by atoms with E-state index in [0.29, 0.717) is 5.56 Å². The number of carbonyl (C=O) groups excluding carboxylic acids is 1. The van der Waals surface area contributed by atoms with Crippen LogP contribution in [-0.2, 0) is 11.8 Å². The minimum absolute atomic E-state index is 0.378. The molecule has 0 aliphatic carbocycles. The van der Waals surface area contributed by atoms with E-state index in [2.05, 4.69) is 10.1 Å². The average Bonchev–Trinajstić information content (AvgIpc) is 3.17. The van der Waals surface area contributed by atoms with E-state index in [0.717, 1.165) is 16.3 Å². The fraction of sp³-hybridized carbons (Fsp3) is 0.188. The standard InChI is InChI=1S/C16H15N3O2S/c1-11(15-17-8-9-22-15)21-16(20)13-10-18-19(2)14(13)12-6-4-3-5-7-12/h3-11H,1-2H3/t11-/m0/s1. The third-order valence-corrected chi connectivity index (χ3v) is 4.23. The van der Waals surface area contributed by atoms with Crippen LogP contribution in [0.2, 0.25) is 0 Å². The van der Waals surface area contributed by atoms with Crippen LogP contribution in [0.25, 0.3) is 11.3 Å². The summed E-state index contributed by atoms with van der Waals surface area (Å²) >= 11 is 1.46. The second-order valence-corrected chi connectivity index (χ2v) is 5.74. The minimum atomic E-state index is -0.394. The number of esters is 1. The van der Waals surface area contributed by atoms with E-state index in [9.17, 15) is 4.79 Å². The van der Waals surface area contributed by atoms with Crippen molar-refractivity contribution in [3.05, 3.63) is 58.7 Å². The molecule has 0 saturated heterocycles. The van der Waals surface area contributed by atoms with Gasteiger partial charge in [-0.3, -0.25) is 4.68 Å². The predicted octanol–water partition coefficient (Wildman–Crippen LogP) is 3.46. The maximum Gasteiger partial charge on any atom is 0.342 e. The molecule has 2 heterocycles. The van der Waals surface area contributed by atoms with Crippen molar-refractivity contribution in [3.8, 4) is 11.3 Å². The van der Waals surface area contributed by atoms with Crippen LogP contribution in [0.5, 0.6) is 0 Å². The van der Waals surface area contributed by atoms with E-state index in [1.165, 1.54) is 11.3 Å². The van der Waals surface area contributed by atoms with Crippen molar-refractivity contribution in [3.63, 3.8) is 0 Å². The third-order valence-electron chi connectivity index (χ3n) is 3.29. The number of hydrogen-bond acceptors (Lipinski definition) is 5. The Labute approximate surface area is 132 Å². The largest absolute Gasteiger partial charge is 0.452 e. The Morgan fingerprint density at radius 1 is 1.32 bits per heavy atom. The van der Waals surface area contributed by atoms with Gasteiger partial charge in [-0.1, -0.05) is 30.3 Å². The molecular formula is C16H15N3O2S. The first-order valence-corrected chi connectivity index (χ1v) is 7.72. The molecule has 0 amide bonds. The molecule has 0 unspecified atom stereocenters. The molecule has 1 atom stereocenters. The van der Waals surface area contributed by atoms with Gasteiger partial charge < -0.3 is 4.74 Å². The van der Waals surface area contributed by atoms with Crippen molar-refractivity contribution in [2.45, 2.75) is 13.0 Å². The van der Waals surface area contributed by atoms with E-state index in [-0.39, 0.29) is 6.10 Å². The van der Waals surface area contributed by atoms with E-state index in [1.54, 1.807) is 17.1 Å². The van der Waals surface area contributed by atoms with Crippen molar-refractivity contribution in [1.29, 1.82) is 0 Å². The van der Waals surface area contributed by atoms with Gasteiger partial charge in [0.2, 0.25) is 0 Å². The molecule has 0 radical (unpaired) electrons. The summed E-state index contributed by atoms with van der Waals surface area (Å²) in [4.78, 5) is 16.6. The van der Waals surface area contributed by atoms with E-state index in [1.807, 2.05) is 49.7 Å². The molecule has 22 heavy (non-hydrogen) atoms. The van der Waals surface area contributed by atoms with Crippen molar-refractivity contribution in [1.82, 2.24) is 14.8 Å². The van der Waals surface area contributed by atoms with Gasteiger partial charge in [-0.25, -0.2) is 9.78 Å². The summed E-state index contributed by atoms with van der Waals surface area (Å²) in [6, 6.07) is 9.67. The van der Waals surface area contributed by atoms with Crippen molar-refractivity contribution < 1.29 is 9.53 Å². The van der Waals surface area contributed by atoms with Crippen LogP contribution in [0, 0.1) is 0 Å². The molecule has 1 aromatic carbocycles. The molecule has 6 heteroatoms. The van der Waals surface area contributed by atoms with Gasteiger partial charge in [-0.15, -0.1) is 11.3 Å². The highest BCUT2D eigenvalue weighted by molar-refractivity contribution is 7.09. The van der Waals surface area contributed by atoms with Gasteiger partial charge in [-0.05, 0) is 6.92 Å². The van der Waals surface area contributed by atoms with Crippen LogP contribution < -0.4 is 0 Å². The maximum absolute atomic E-state index is 12.5. The number of hydrogen-bond donors (Lipinski definition) is 0. The monoisotopic (exact) mass is 313 g/mol. The fourth-order valence-electron chi connectivity index (χ4n) is 2.23. The van der Waals surface area contributed by atoms with E-state index >= 15 is 0 Å². The lowest BCUT2D eigenvalue weighted by atomic mass is 10.1. The molecule has 5 nitrogen and oxygen atoms in total. The quantitative estimate of drug-likeness (QED) is 0.692. The third kappa shape index (κ3) is 2.78. The van der Waals surface area contributed by atoms with Gasteiger partial charge in [0.15, 0.2) is 6.10 Å². The first-order chi connectivity index (χ1) is 10.7. The molecule has 2 aromatic heterocycles. The number of aryl methyl sites for hydroxylation is 1. The lowest BCUT2D eigenvalue weighted by Gasteiger charge is -2.11. The zero-order valence-electron chi connectivity index (χ0n) is 12.3.